The van der Waals surface area contributed by atoms with Crippen molar-refractivity contribution in [1.29, 1.82) is 0 Å². The third kappa shape index (κ3) is 3.96. The molecule has 1 aliphatic heterocycles. The lowest BCUT2D eigenvalue weighted by Crippen LogP contribution is -2.44. The molecular formula is C16H14Cl2N2O3S2. The van der Waals surface area contributed by atoms with E-state index in [0.29, 0.717) is 11.4 Å². The van der Waals surface area contributed by atoms with Gasteiger partial charge in [0.15, 0.2) is 0 Å². The van der Waals surface area contributed by atoms with Crippen molar-refractivity contribution in [2.24, 2.45) is 0 Å². The van der Waals surface area contributed by atoms with E-state index in [0.717, 1.165) is 0 Å². The van der Waals surface area contributed by atoms with Crippen molar-refractivity contribution < 1.29 is 13.2 Å². The van der Waals surface area contributed by atoms with E-state index in [1.807, 2.05) is 6.07 Å². The highest BCUT2D eigenvalue weighted by molar-refractivity contribution is 8.00. The van der Waals surface area contributed by atoms with Gasteiger partial charge in [-0.15, -0.1) is 11.8 Å². The van der Waals surface area contributed by atoms with Crippen LogP contribution in [0.2, 0.25) is 10.0 Å². The molecule has 132 valence electrons. The van der Waals surface area contributed by atoms with Crippen molar-refractivity contribution in [2.45, 2.75) is 10.9 Å². The molecule has 0 aromatic heterocycles. The van der Waals surface area contributed by atoms with Crippen LogP contribution >= 0.6 is 35.0 Å². The fourth-order valence-electron chi connectivity index (χ4n) is 2.39. The van der Waals surface area contributed by atoms with Gasteiger partial charge >= 0.3 is 0 Å². The average Bonchev–Trinajstić information content (AvgIpc) is 3.09. The summed E-state index contributed by atoms with van der Waals surface area (Å²) in [6.07, 6.45) is 0. The van der Waals surface area contributed by atoms with Gasteiger partial charge in [-0.25, -0.2) is 8.42 Å². The summed E-state index contributed by atoms with van der Waals surface area (Å²) >= 11 is 13.2. The largest absolute Gasteiger partial charge is 0.325 e. The molecule has 1 N–H and O–H groups in total. The number of nitrogens with one attached hydrogen (secondary N) is 1. The van der Waals surface area contributed by atoms with Gasteiger partial charge in [0.1, 0.15) is 6.04 Å². The summed E-state index contributed by atoms with van der Waals surface area (Å²) in [5.41, 5.74) is 0.622. The average molecular weight is 417 g/mol. The number of rotatable bonds is 4. The zero-order valence-electron chi connectivity index (χ0n) is 12.9. The Hall–Kier alpha value is -1.25. The number of halogens is 2. The molecule has 2 aromatic rings. The van der Waals surface area contributed by atoms with E-state index in [1.165, 1.54) is 34.3 Å². The Morgan fingerprint density at radius 3 is 2.52 bits per heavy atom. The Balaban J connectivity index is 1.85. The lowest BCUT2D eigenvalue weighted by Gasteiger charge is -2.22. The second-order valence-electron chi connectivity index (χ2n) is 5.34. The standard InChI is InChI=1S/C16H14Cl2N2O3S2/c17-13-7-6-12(8-14(13)18)25(22,23)20-10-24-9-15(20)16(21)19-11-4-2-1-3-5-11/h1-8,15H,9-10H2,(H,19,21). The van der Waals surface area contributed by atoms with E-state index >= 15 is 0 Å². The van der Waals surface area contributed by atoms with Crippen LogP contribution in [0.4, 0.5) is 5.69 Å². The van der Waals surface area contributed by atoms with Gasteiger partial charge in [0.2, 0.25) is 15.9 Å². The van der Waals surface area contributed by atoms with Crippen LogP contribution in [0.3, 0.4) is 0 Å². The summed E-state index contributed by atoms with van der Waals surface area (Å²) in [6, 6.07) is 12.3. The maximum absolute atomic E-state index is 12.9. The summed E-state index contributed by atoms with van der Waals surface area (Å²) in [5, 5.41) is 3.18. The zero-order valence-corrected chi connectivity index (χ0v) is 16.0. The van der Waals surface area contributed by atoms with E-state index < -0.39 is 16.1 Å². The van der Waals surface area contributed by atoms with Crippen LogP contribution in [-0.2, 0) is 14.8 Å². The second kappa shape index (κ2) is 7.55. The van der Waals surface area contributed by atoms with Crippen molar-refractivity contribution in [3.63, 3.8) is 0 Å². The first-order valence-corrected chi connectivity index (χ1v) is 10.7. The number of hydrogen-bond donors (Lipinski definition) is 1. The van der Waals surface area contributed by atoms with Gasteiger partial charge in [-0.2, -0.15) is 4.31 Å². The molecule has 1 unspecified atom stereocenters. The van der Waals surface area contributed by atoms with Crippen molar-refractivity contribution in [1.82, 2.24) is 4.31 Å². The van der Waals surface area contributed by atoms with Gasteiger partial charge in [0.25, 0.3) is 0 Å². The molecule has 5 nitrogen and oxygen atoms in total. The summed E-state index contributed by atoms with van der Waals surface area (Å²) in [6.45, 7) is 0. The Morgan fingerprint density at radius 2 is 1.84 bits per heavy atom. The number of amides is 1. The lowest BCUT2D eigenvalue weighted by molar-refractivity contribution is -0.118. The number of carbonyl (C=O) groups excluding carboxylic acids is 1. The minimum atomic E-state index is -3.86. The summed E-state index contributed by atoms with van der Waals surface area (Å²) < 4.78 is 27.0. The topological polar surface area (TPSA) is 66.5 Å². The van der Waals surface area contributed by atoms with E-state index in [2.05, 4.69) is 5.32 Å². The summed E-state index contributed by atoms with van der Waals surface area (Å²) in [7, 11) is -3.86. The number of sulfonamides is 1. The van der Waals surface area contributed by atoms with E-state index in [1.54, 1.807) is 24.3 Å². The van der Waals surface area contributed by atoms with Gasteiger partial charge in [-0.05, 0) is 30.3 Å². The maximum atomic E-state index is 12.9. The summed E-state index contributed by atoms with van der Waals surface area (Å²) in [4.78, 5) is 12.6. The normalized spacial score (nSPS) is 18.2. The minimum Gasteiger partial charge on any atom is -0.325 e. The first-order chi connectivity index (χ1) is 11.9. The third-order valence-electron chi connectivity index (χ3n) is 3.68. The second-order valence-corrected chi connectivity index (χ2v) is 9.04. The number of benzene rings is 2. The predicted octanol–water partition coefficient (Wildman–Crippen LogP) is 3.70. The van der Waals surface area contributed by atoms with E-state index in [-0.39, 0.29) is 26.7 Å². The van der Waals surface area contributed by atoms with Crippen molar-refractivity contribution in [3.8, 4) is 0 Å². The minimum absolute atomic E-state index is 0.0157. The fraction of sp³-hybridized carbons (Fsp3) is 0.188. The maximum Gasteiger partial charge on any atom is 0.244 e. The molecule has 1 aliphatic rings. The number of anilines is 1. The quantitative estimate of drug-likeness (QED) is 0.824. The lowest BCUT2D eigenvalue weighted by atomic mass is 10.3. The molecule has 1 fully saturated rings. The SMILES string of the molecule is O=C(Nc1ccccc1)C1CSCN1S(=O)(=O)c1ccc(Cl)c(Cl)c1. The van der Waals surface area contributed by atoms with Gasteiger partial charge in [0.05, 0.1) is 20.8 Å². The van der Waals surface area contributed by atoms with Gasteiger partial charge in [0, 0.05) is 11.4 Å². The number of para-hydroxylation sites is 1. The van der Waals surface area contributed by atoms with Crippen LogP contribution < -0.4 is 5.32 Å². The molecule has 0 bridgehead atoms. The fourth-order valence-corrected chi connectivity index (χ4v) is 5.93. The van der Waals surface area contributed by atoms with Crippen LogP contribution in [0.5, 0.6) is 0 Å². The highest BCUT2D eigenvalue weighted by Gasteiger charge is 2.40. The van der Waals surface area contributed by atoms with Crippen LogP contribution in [0.15, 0.2) is 53.4 Å². The Bertz CT molecular complexity index is 892. The molecule has 3 rings (SSSR count). The van der Waals surface area contributed by atoms with Gasteiger partial charge < -0.3 is 5.32 Å². The Morgan fingerprint density at radius 1 is 1.12 bits per heavy atom. The molecule has 25 heavy (non-hydrogen) atoms. The monoisotopic (exact) mass is 416 g/mol. The molecule has 2 aromatic carbocycles. The number of thioether (sulfide) groups is 1. The van der Waals surface area contributed by atoms with Crippen LogP contribution in [0, 0.1) is 0 Å². The van der Waals surface area contributed by atoms with Crippen LogP contribution in [0.1, 0.15) is 0 Å². The molecule has 0 radical (unpaired) electrons. The Labute approximate surface area is 160 Å². The predicted molar refractivity (Wildman–Crippen MR) is 102 cm³/mol. The molecule has 0 saturated carbocycles. The van der Waals surface area contributed by atoms with Crippen molar-refractivity contribution in [3.05, 3.63) is 58.6 Å². The molecule has 1 heterocycles. The summed E-state index contributed by atoms with van der Waals surface area (Å²) in [5.74, 6) is 0.231. The molecule has 0 aliphatic carbocycles. The zero-order chi connectivity index (χ0) is 18.0. The molecule has 1 saturated heterocycles. The Kier molecular flexibility index (Phi) is 5.60. The molecule has 0 spiro atoms. The first-order valence-electron chi connectivity index (χ1n) is 7.30. The smallest absolute Gasteiger partial charge is 0.244 e. The highest BCUT2D eigenvalue weighted by Crippen LogP contribution is 2.32. The molecule has 1 amide bonds. The van der Waals surface area contributed by atoms with E-state index in [9.17, 15) is 13.2 Å². The van der Waals surface area contributed by atoms with Crippen molar-refractivity contribution >= 4 is 56.6 Å². The van der Waals surface area contributed by atoms with Crippen molar-refractivity contribution in [2.75, 3.05) is 16.9 Å². The molecular weight excluding hydrogens is 403 g/mol. The van der Waals surface area contributed by atoms with E-state index in [4.69, 9.17) is 23.2 Å². The molecule has 9 heteroatoms. The number of nitrogens with zero attached hydrogens (tertiary/aromatic N) is 1. The first kappa shape index (κ1) is 18.5. The van der Waals surface area contributed by atoms with Crippen LogP contribution in [0.25, 0.3) is 0 Å². The third-order valence-corrected chi connectivity index (χ3v) is 7.45. The number of hydrogen-bond acceptors (Lipinski definition) is 4. The van der Waals surface area contributed by atoms with Gasteiger partial charge in [-0.3, -0.25) is 4.79 Å². The van der Waals surface area contributed by atoms with Gasteiger partial charge in [-0.1, -0.05) is 41.4 Å². The highest BCUT2D eigenvalue weighted by atomic mass is 35.5. The molecule has 1 atom stereocenters. The number of carbonyl (C=O) groups is 1. The van der Waals surface area contributed by atoms with Crippen LogP contribution in [-0.4, -0.2) is 36.3 Å².